The quantitative estimate of drug-likeness (QED) is 0.188. The standard InChI is InChI=1S/C36H28N2O5/c1-20-7-6-8-23(17-20)37-19-21(18-29(37)39)36(42)43-24-15-13-22(14-16-24)38-34(40)32-30-25-9-2-3-10-26(25)31(33(32)35(38)41)28-12-5-4-11-27(28)30/h2-17,21,30-33H,18-19H2,1H3/t21-,30?,31?,32+,33+/m1/s1. The lowest BCUT2D eigenvalue weighted by atomic mass is 9.55. The van der Waals surface area contributed by atoms with E-state index >= 15 is 0 Å². The molecule has 43 heavy (non-hydrogen) atoms. The highest BCUT2D eigenvalue weighted by molar-refractivity contribution is 6.23. The van der Waals surface area contributed by atoms with Gasteiger partial charge in [0.15, 0.2) is 0 Å². The second-order valence-electron chi connectivity index (χ2n) is 11.9. The van der Waals surface area contributed by atoms with Gasteiger partial charge in [-0.1, -0.05) is 60.7 Å². The number of imide groups is 1. The summed E-state index contributed by atoms with van der Waals surface area (Å²) in [7, 11) is 0. The maximum atomic E-state index is 14.0. The Morgan fingerprint density at radius 2 is 1.26 bits per heavy atom. The molecule has 2 heterocycles. The maximum Gasteiger partial charge on any atom is 0.316 e. The normalized spacial score (nSPS) is 25.0. The van der Waals surface area contributed by atoms with Crippen molar-refractivity contribution in [2.75, 3.05) is 16.3 Å². The number of anilines is 2. The van der Waals surface area contributed by atoms with Crippen molar-refractivity contribution in [1.82, 2.24) is 0 Å². The highest BCUT2D eigenvalue weighted by Gasteiger charge is 2.61. The monoisotopic (exact) mass is 568 g/mol. The fourth-order valence-corrected chi connectivity index (χ4v) is 7.71. The van der Waals surface area contributed by atoms with Gasteiger partial charge in [-0.3, -0.25) is 19.2 Å². The molecule has 212 valence electrons. The second kappa shape index (κ2) is 9.49. The lowest BCUT2D eigenvalue weighted by Crippen LogP contribution is -2.41. The molecule has 0 aromatic heterocycles. The average molecular weight is 569 g/mol. The van der Waals surface area contributed by atoms with Crippen LogP contribution in [0.3, 0.4) is 0 Å². The molecule has 3 amide bonds. The van der Waals surface area contributed by atoms with E-state index in [1.54, 1.807) is 29.2 Å². The SMILES string of the molecule is Cc1cccc(N2C[C@H](C(=O)Oc3ccc(N4C(=O)[C@H]5C6c7ccccc7C(c7ccccc76)[C@@H]5C4=O)cc3)CC2=O)c1. The van der Waals surface area contributed by atoms with E-state index in [9.17, 15) is 19.2 Å². The number of hydrogen-bond donors (Lipinski definition) is 0. The Morgan fingerprint density at radius 3 is 1.79 bits per heavy atom. The van der Waals surface area contributed by atoms with E-state index in [1.807, 2.05) is 55.5 Å². The van der Waals surface area contributed by atoms with E-state index in [-0.39, 0.29) is 42.5 Å². The lowest BCUT2D eigenvalue weighted by Gasteiger charge is -2.45. The molecule has 0 N–H and O–H groups in total. The van der Waals surface area contributed by atoms with Crippen molar-refractivity contribution in [3.05, 3.63) is 125 Å². The Morgan fingerprint density at radius 1 is 0.698 bits per heavy atom. The zero-order chi connectivity index (χ0) is 29.4. The van der Waals surface area contributed by atoms with Crippen molar-refractivity contribution >= 4 is 35.1 Å². The van der Waals surface area contributed by atoms with Gasteiger partial charge in [0, 0.05) is 30.5 Å². The molecule has 5 aliphatic rings. The Balaban J connectivity index is 1.02. The zero-order valence-electron chi connectivity index (χ0n) is 23.5. The van der Waals surface area contributed by atoms with Gasteiger partial charge in [-0.25, -0.2) is 4.90 Å². The summed E-state index contributed by atoms with van der Waals surface area (Å²) in [6.07, 6.45) is 0.0809. The first-order chi connectivity index (χ1) is 20.9. The average Bonchev–Trinajstić information content (AvgIpc) is 3.54. The van der Waals surface area contributed by atoms with E-state index in [0.717, 1.165) is 33.5 Å². The molecule has 3 atom stereocenters. The van der Waals surface area contributed by atoms with Gasteiger partial charge >= 0.3 is 5.97 Å². The van der Waals surface area contributed by atoms with E-state index in [0.29, 0.717) is 11.4 Å². The summed E-state index contributed by atoms with van der Waals surface area (Å²) in [6.45, 7) is 2.21. The van der Waals surface area contributed by atoms with Crippen LogP contribution in [-0.2, 0) is 19.2 Å². The van der Waals surface area contributed by atoms with Gasteiger partial charge in [-0.05, 0) is 71.1 Å². The van der Waals surface area contributed by atoms with Crippen molar-refractivity contribution in [3.8, 4) is 5.75 Å². The summed E-state index contributed by atoms with van der Waals surface area (Å²) in [5.74, 6) is -2.54. The Labute approximate surface area is 248 Å². The van der Waals surface area contributed by atoms with Gasteiger partial charge in [0.1, 0.15) is 5.75 Å². The summed E-state index contributed by atoms with van der Waals surface area (Å²) in [6, 6.07) is 30.5. The number of ether oxygens (including phenoxy) is 1. The highest BCUT2D eigenvalue weighted by Crippen LogP contribution is 2.61. The lowest BCUT2D eigenvalue weighted by molar-refractivity contribution is -0.139. The van der Waals surface area contributed by atoms with Gasteiger partial charge in [0.25, 0.3) is 0 Å². The molecule has 2 aliphatic heterocycles. The molecular formula is C36H28N2O5. The summed E-state index contributed by atoms with van der Waals surface area (Å²) < 4.78 is 5.64. The van der Waals surface area contributed by atoms with Crippen LogP contribution in [0.15, 0.2) is 97.1 Å². The fourth-order valence-electron chi connectivity index (χ4n) is 7.71. The number of amides is 3. The number of carbonyl (C=O) groups excluding carboxylic acids is 4. The van der Waals surface area contributed by atoms with E-state index in [2.05, 4.69) is 24.3 Å². The Kier molecular flexibility index (Phi) is 5.66. The van der Waals surface area contributed by atoms with Crippen LogP contribution in [0, 0.1) is 24.7 Å². The molecule has 0 unspecified atom stereocenters. The van der Waals surface area contributed by atoms with Crippen molar-refractivity contribution < 1.29 is 23.9 Å². The van der Waals surface area contributed by atoms with Crippen LogP contribution in [0.4, 0.5) is 11.4 Å². The molecule has 3 aliphatic carbocycles. The van der Waals surface area contributed by atoms with Gasteiger partial charge in [-0.2, -0.15) is 0 Å². The first kappa shape index (κ1) is 25.7. The first-order valence-electron chi connectivity index (χ1n) is 14.6. The van der Waals surface area contributed by atoms with E-state index in [4.69, 9.17) is 4.74 Å². The van der Waals surface area contributed by atoms with Crippen LogP contribution in [0.5, 0.6) is 5.75 Å². The minimum atomic E-state index is -0.587. The molecule has 2 bridgehead atoms. The van der Waals surface area contributed by atoms with Crippen LogP contribution in [0.2, 0.25) is 0 Å². The van der Waals surface area contributed by atoms with Crippen LogP contribution in [-0.4, -0.2) is 30.2 Å². The van der Waals surface area contributed by atoms with Crippen LogP contribution >= 0.6 is 0 Å². The van der Waals surface area contributed by atoms with Crippen LogP contribution in [0.1, 0.15) is 46.1 Å². The van der Waals surface area contributed by atoms with E-state index in [1.165, 1.54) is 4.90 Å². The van der Waals surface area contributed by atoms with E-state index < -0.39 is 23.7 Å². The number of esters is 1. The van der Waals surface area contributed by atoms with Gasteiger partial charge in [0.05, 0.1) is 23.4 Å². The predicted octanol–water partition coefficient (Wildman–Crippen LogP) is 5.35. The number of rotatable bonds is 4. The minimum absolute atomic E-state index is 0.0809. The topological polar surface area (TPSA) is 84.0 Å². The number of nitrogens with zero attached hydrogens (tertiary/aromatic N) is 2. The molecule has 4 aromatic carbocycles. The highest BCUT2D eigenvalue weighted by atomic mass is 16.5. The predicted molar refractivity (Wildman–Crippen MR) is 160 cm³/mol. The third kappa shape index (κ3) is 3.80. The van der Waals surface area contributed by atoms with Gasteiger partial charge < -0.3 is 9.64 Å². The molecule has 0 radical (unpaired) electrons. The molecule has 7 nitrogen and oxygen atoms in total. The molecule has 0 spiro atoms. The maximum absolute atomic E-state index is 14.0. The summed E-state index contributed by atoms with van der Waals surface area (Å²) in [5, 5.41) is 0. The minimum Gasteiger partial charge on any atom is -0.426 e. The van der Waals surface area contributed by atoms with Crippen molar-refractivity contribution in [3.63, 3.8) is 0 Å². The molecule has 0 saturated carbocycles. The third-order valence-electron chi connectivity index (χ3n) is 9.53. The number of hydrogen-bond acceptors (Lipinski definition) is 5. The Hall–Kier alpha value is -5.04. The molecular weight excluding hydrogens is 540 g/mol. The van der Waals surface area contributed by atoms with Crippen molar-refractivity contribution in [2.24, 2.45) is 17.8 Å². The van der Waals surface area contributed by atoms with Crippen molar-refractivity contribution in [1.29, 1.82) is 0 Å². The molecule has 4 aromatic rings. The smallest absolute Gasteiger partial charge is 0.316 e. The van der Waals surface area contributed by atoms with Crippen LogP contribution in [0.25, 0.3) is 0 Å². The summed E-state index contributed by atoms with van der Waals surface area (Å²) in [4.78, 5) is 56.5. The second-order valence-corrected chi connectivity index (χ2v) is 11.9. The third-order valence-corrected chi connectivity index (χ3v) is 9.53. The number of aryl methyl sites for hydroxylation is 1. The molecule has 7 heteroatoms. The summed E-state index contributed by atoms with van der Waals surface area (Å²) >= 11 is 0. The molecule has 2 fully saturated rings. The van der Waals surface area contributed by atoms with Crippen LogP contribution < -0.4 is 14.5 Å². The zero-order valence-corrected chi connectivity index (χ0v) is 23.5. The van der Waals surface area contributed by atoms with Crippen molar-refractivity contribution in [2.45, 2.75) is 25.2 Å². The largest absolute Gasteiger partial charge is 0.426 e. The van der Waals surface area contributed by atoms with Gasteiger partial charge in [-0.15, -0.1) is 0 Å². The van der Waals surface area contributed by atoms with Gasteiger partial charge in [0.2, 0.25) is 17.7 Å². The fraction of sp³-hybridized carbons (Fsp3) is 0.222. The first-order valence-corrected chi connectivity index (χ1v) is 14.6. The number of benzene rings is 4. The molecule has 2 saturated heterocycles. The summed E-state index contributed by atoms with van der Waals surface area (Å²) in [5.41, 5.74) is 6.77. The number of carbonyl (C=O) groups is 4. The Bertz CT molecular complexity index is 1730. The molecule has 9 rings (SSSR count).